The van der Waals surface area contributed by atoms with Gasteiger partial charge in [-0.2, -0.15) is 0 Å². The minimum atomic E-state index is -5.41. The Hall–Kier alpha value is -3.69. The molecule has 1 aliphatic heterocycles. The van der Waals surface area contributed by atoms with Crippen LogP contribution in [0, 0.1) is 10.1 Å². The number of rotatable bonds is 11. The zero-order chi connectivity index (χ0) is 30.7. The third-order valence-electron chi connectivity index (χ3n) is 5.38. The summed E-state index contributed by atoms with van der Waals surface area (Å²) in [7, 11) is -4.53. The number of hydrogen-bond acceptors (Lipinski definition) is 16. The summed E-state index contributed by atoms with van der Waals surface area (Å²) in [5.74, 6) is -4.86. The van der Waals surface area contributed by atoms with Gasteiger partial charge in [-0.15, -0.1) is 11.3 Å². The molecule has 3 N–H and O–H groups in total. The topological polar surface area (TPSA) is 263 Å². The number of hydrogen-bond donors (Lipinski definition) is 2. The largest absolute Gasteiger partial charge is 1.00 e. The molecule has 220 valence electrons. The van der Waals surface area contributed by atoms with Crippen molar-refractivity contribution in [2.45, 2.75) is 38.1 Å². The number of thiazole rings is 1. The Morgan fingerprint density at radius 2 is 1.88 bits per heavy atom. The van der Waals surface area contributed by atoms with Gasteiger partial charge in [0.25, 0.3) is 17.5 Å². The van der Waals surface area contributed by atoms with Gasteiger partial charge < -0.3 is 29.9 Å². The standard InChI is InChI=1S/C21H22N6O12S2.Na/c1-21(2,19(31)38-8-10-4-6-11(7-5-10)27(32)33)39-25-13(12-9-40-20(22)23-12)16(28)24-14-15(18(30)37-3)26(17(14)29)41(34,35)36;/h4-7,9,14-15H,8H2,1-3H3,(H2,22,23)(H,24,28)(H,34,35,36);/q;+1/p-1/b25-13-;/t14-,15-;/m1./s1. The van der Waals surface area contributed by atoms with E-state index in [2.05, 4.69) is 20.2 Å². The zero-order valence-corrected chi connectivity index (χ0v) is 26.0. The Morgan fingerprint density at radius 3 is 2.38 bits per heavy atom. The number of carbonyl (C=O) groups is 4. The second-order valence-corrected chi connectivity index (χ2v) is 10.8. The number of aromatic nitrogens is 1. The molecule has 1 aromatic carbocycles. The van der Waals surface area contributed by atoms with Gasteiger partial charge in [0.2, 0.25) is 5.60 Å². The SMILES string of the molecule is COC(=O)[C@H]1[C@@H](NC(=O)/C(=N\OC(C)(C)C(=O)OCc2ccc([N+](=O)[O-])cc2)c2csc(N)n2)C(=O)N1S(=O)(=O)[O-].[Na+]. The molecule has 0 spiro atoms. The first-order chi connectivity index (χ1) is 19.1. The molecular weight excluding hydrogens is 615 g/mol. The minimum absolute atomic E-state index is 0. The minimum Gasteiger partial charge on any atom is -0.731 e. The summed E-state index contributed by atoms with van der Waals surface area (Å²) in [6.07, 6.45) is 0. The quantitative estimate of drug-likeness (QED) is 0.0456. The van der Waals surface area contributed by atoms with E-state index in [1.165, 1.54) is 43.5 Å². The molecular formula is C21H21N6NaO12S2. The van der Waals surface area contributed by atoms with Crippen LogP contribution in [0.1, 0.15) is 25.1 Å². The number of nitrogens with one attached hydrogen (secondary N) is 1. The fourth-order valence-corrected chi connectivity index (χ4v) is 4.62. The van der Waals surface area contributed by atoms with Crippen molar-refractivity contribution in [2.75, 3.05) is 12.8 Å². The average molecular weight is 637 g/mol. The molecule has 1 aliphatic rings. The molecule has 3 rings (SSSR count). The number of esters is 2. The van der Waals surface area contributed by atoms with Crippen molar-refractivity contribution in [3.63, 3.8) is 0 Å². The molecule has 0 bridgehead atoms. The Bertz CT molecular complexity index is 1530. The Labute approximate surface area is 263 Å². The number of nitrogens with zero attached hydrogens (tertiary/aromatic N) is 4. The zero-order valence-electron chi connectivity index (χ0n) is 22.3. The number of carbonyl (C=O) groups excluding carboxylic acids is 4. The van der Waals surface area contributed by atoms with Crippen LogP contribution in [0.5, 0.6) is 0 Å². The molecule has 0 radical (unpaired) electrons. The van der Waals surface area contributed by atoms with Gasteiger partial charge in [-0.05, 0) is 31.5 Å². The smallest absolute Gasteiger partial charge is 0.731 e. The number of non-ortho nitro benzene ring substituents is 1. The van der Waals surface area contributed by atoms with E-state index in [4.69, 9.17) is 15.3 Å². The first kappa shape index (κ1) is 34.5. The number of nitrogen functional groups attached to an aromatic ring is 1. The van der Waals surface area contributed by atoms with E-state index in [1.807, 2.05) is 0 Å². The summed E-state index contributed by atoms with van der Waals surface area (Å²) in [6, 6.07) is 1.42. The van der Waals surface area contributed by atoms with Gasteiger partial charge in [-0.1, -0.05) is 5.16 Å². The fraction of sp³-hybridized carbons (Fsp3) is 0.333. The summed E-state index contributed by atoms with van der Waals surface area (Å²) in [4.78, 5) is 69.4. The van der Waals surface area contributed by atoms with Crippen molar-refractivity contribution in [3.05, 3.63) is 51.0 Å². The van der Waals surface area contributed by atoms with Crippen molar-refractivity contribution in [1.82, 2.24) is 14.6 Å². The summed E-state index contributed by atoms with van der Waals surface area (Å²) in [6.45, 7) is 2.22. The molecule has 42 heavy (non-hydrogen) atoms. The van der Waals surface area contributed by atoms with Crippen molar-refractivity contribution in [3.8, 4) is 0 Å². The maximum Gasteiger partial charge on any atom is 1.00 e. The van der Waals surface area contributed by atoms with E-state index in [-0.39, 0.29) is 57.0 Å². The molecule has 0 aliphatic carbocycles. The van der Waals surface area contributed by atoms with Crippen LogP contribution in [0.3, 0.4) is 0 Å². The molecule has 2 aromatic rings. The van der Waals surface area contributed by atoms with E-state index in [0.717, 1.165) is 18.4 Å². The maximum absolute atomic E-state index is 13.1. The number of amides is 2. The summed E-state index contributed by atoms with van der Waals surface area (Å²) in [5.41, 5.74) is 3.27. The Balaban J connectivity index is 0.00000616. The number of nitrogens with two attached hydrogens (primary N) is 1. The number of nitro groups is 1. The monoisotopic (exact) mass is 636 g/mol. The second kappa shape index (κ2) is 13.5. The van der Waals surface area contributed by atoms with Crippen LogP contribution < -0.4 is 40.6 Å². The summed E-state index contributed by atoms with van der Waals surface area (Å²) in [5, 5.41) is 17.8. The molecule has 2 atom stereocenters. The third kappa shape index (κ3) is 7.77. The van der Waals surface area contributed by atoms with E-state index < -0.39 is 62.4 Å². The first-order valence-corrected chi connectivity index (χ1v) is 13.4. The number of oxime groups is 1. The molecule has 2 heterocycles. The van der Waals surface area contributed by atoms with Crippen LogP contribution in [0.15, 0.2) is 34.8 Å². The van der Waals surface area contributed by atoms with Crippen LogP contribution in [0.2, 0.25) is 0 Å². The van der Waals surface area contributed by atoms with Crippen LogP contribution >= 0.6 is 11.3 Å². The van der Waals surface area contributed by atoms with Gasteiger partial charge >= 0.3 is 41.5 Å². The van der Waals surface area contributed by atoms with Crippen molar-refractivity contribution >= 4 is 61.9 Å². The molecule has 18 nitrogen and oxygen atoms in total. The molecule has 1 saturated heterocycles. The predicted molar refractivity (Wildman–Crippen MR) is 135 cm³/mol. The van der Waals surface area contributed by atoms with Gasteiger partial charge in [0.05, 0.1) is 12.0 Å². The van der Waals surface area contributed by atoms with Gasteiger partial charge in [-0.25, -0.2) is 27.3 Å². The van der Waals surface area contributed by atoms with Gasteiger partial charge in [0.1, 0.15) is 18.3 Å². The maximum atomic E-state index is 13.1. The first-order valence-electron chi connectivity index (χ1n) is 11.1. The average Bonchev–Trinajstić information content (AvgIpc) is 3.33. The third-order valence-corrected chi connectivity index (χ3v) is 6.94. The van der Waals surface area contributed by atoms with Gasteiger partial charge in [-0.3, -0.25) is 19.7 Å². The number of benzene rings is 1. The normalized spacial score (nSPS) is 16.9. The van der Waals surface area contributed by atoms with Crippen LogP contribution in [0.25, 0.3) is 0 Å². The summed E-state index contributed by atoms with van der Waals surface area (Å²) >= 11 is 0.897. The molecule has 1 fully saturated rings. The number of ether oxygens (including phenoxy) is 2. The van der Waals surface area contributed by atoms with Gasteiger partial charge in [0, 0.05) is 17.5 Å². The van der Waals surface area contributed by atoms with Crippen molar-refractivity contribution < 1.29 is 80.9 Å². The van der Waals surface area contributed by atoms with E-state index >= 15 is 0 Å². The van der Waals surface area contributed by atoms with Crippen LogP contribution in [-0.4, -0.2) is 81.4 Å². The molecule has 0 unspecified atom stereocenters. The van der Waals surface area contributed by atoms with E-state index in [0.29, 0.717) is 5.56 Å². The van der Waals surface area contributed by atoms with E-state index in [9.17, 15) is 42.3 Å². The Morgan fingerprint density at radius 1 is 1.26 bits per heavy atom. The molecule has 0 saturated carbocycles. The molecule has 1 aromatic heterocycles. The van der Waals surface area contributed by atoms with E-state index in [1.54, 1.807) is 0 Å². The van der Waals surface area contributed by atoms with Crippen molar-refractivity contribution in [2.24, 2.45) is 5.16 Å². The predicted octanol–water partition coefficient (Wildman–Crippen LogP) is -3.79. The Kier molecular flexibility index (Phi) is 11.1. The number of nitro benzene ring substituents is 1. The van der Waals surface area contributed by atoms with Gasteiger partial charge in [0.15, 0.2) is 27.2 Å². The van der Waals surface area contributed by atoms with Crippen LogP contribution in [-0.2, 0) is 50.4 Å². The second-order valence-electron chi connectivity index (χ2n) is 8.62. The molecule has 21 heteroatoms. The van der Waals surface area contributed by atoms with Crippen LogP contribution in [0.4, 0.5) is 10.8 Å². The molecule has 2 amide bonds. The number of β-lactam (4-membered cyclic amide) rings is 1. The number of methoxy groups -OCH3 is 1. The van der Waals surface area contributed by atoms with Crippen molar-refractivity contribution in [1.29, 1.82) is 0 Å². The summed E-state index contributed by atoms with van der Waals surface area (Å²) < 4.78 is 43.5. The number of anilines is 1. The fourth-order valence-electron chi connectivity index (χ4n) is 3.25.